The molecule has 0 aliphatic carbocycles. The van der Waals surface area contributed by atoms with Gasteiger partial charge in [0.1, 0.15) is 19.0 Å². The molecule has 2 aromatic heterocycles. The fraction of sp³-hybridized carbons (Fsp3) is 0.150. The van der Waals surface area contributed by atoms with Crippen LogP contribution in [0.2, 0.25) is 0 Å². The minimum atomic E-state index is -0.397. The van der Waals surface area contributed by atoms with Gasteiger partial charge in [-0.15, -0.1) is 0 Å². The van der Waals surface area contributed by atoms with Crippen LogP contribution in [0.3, 0.4) is 0 Å². The van der Waals surface area contributed by atoms with Gasteiger partial charge in [0.25, 0.3) is 0 Å². The number of rotatable bonds is 5. The van der Waals surface area contributed by atoms with Crippen molar-refractivity contribution < 1.29 is 14.3 Å². The number of fused-ring (bicyclic) bond motifs is 2. The number of ether oxygens (including phenoxy) is 2. The van der Waals surface area contributed by atoms with Gasteiger partial charge in [-0.2, -0.15) is 5.10 Å². The molecule has 0 saturated carbocycles. The highest BCUT2D eigenvalue weighted by Gasteiger charge is 2.14. The van der Waals surface area contributed by atoms with Gasteiger partial charge < -0.3 is 9.47 Å². The molecule has 0 fully saturated rings. The molecule has 6 nitrogen and oxygen atoms in total. The summed E-state index contributed by atoms with van der Waals surface area (Å²) in [4.78, 5) is 16.7. The fourth-order valence-electron chi connectivity index (χ4n) is 2.93. The molecule has 0 spiro atoms. The molecule has 0 atom stereocenters. The minimum absolute atomic E-state index is 0.152. The zero-order valence-corrected chi connectivity index (χ0v) is 14.2. The van der Waals surface area contributed by atoms with E-state index in [1.54, 1.807) is 24.5 Å². The Morgan fingerprint density at radius 3 is 2.96 bits per heavy atom. The van der Waals surface area contributed by atoms with Crippen LogP contribution in [0, 0.1) is 6.92 Å². The summed E-state index contributed by atoms with van der Waals surface area (Å²) >= 11 is 0. The Bertz CT molecular complexity index is 1080. The molecule has 26 heavy (non-hydrogen) atoms. The maximum absolute atomic E-state index is 12.4. The van der Waals surface area contributed by atoms with Crippen LogP contribution in [-0.2, 0) is 4.74 Å². The van der Waals surface area contributed by atoms with Crippen molar-refractivity contribution in [2.45, 2.75) is 6.92 Å². The van der Waals surface area contributed by atoms with Gasteiger partial charge in [-0.1, -0.05) is 12.1 Å². The van der Waals surface area contributed by atoms with Gasteiger partial charge >= 0.3 is 5.97 Å². The van der Waals surface area contributed by atoms with E-state index in [1.807, 2.05) is 37.3 Å². The lowest BCUT2D eigenvalue weighted by Crippen LogP contribution is -2.13. The lowest BCUT2D eigenvalue weighted by Gasteiger charge is -2.10. The smallest absolute Gasteiger partial charge is 0.340 e. The summed E-state index contributed by atoms with van der Waals surface area (Å²) in [5.74, 6) is 0.323. The number of benzene rings is 2. The molecule has 0 aliphatic rings. The lowest BCUT2D eigenvalue weighted by atomic mass is 10.1. The lowest BCUT2D eigenvalue weighted by molar-refractivity contribution is 0.0453. The summed E-state index contributed by atoms with van der Waals surface area (Å²) < 4.78 is 11.1. The summed E-state index contributed by atoms with van der Waals surface area (Å²) in [6, 6.07) is 13.3. The van der Waals surface area contributed by atoms with Gasteiger partial charge in [0.05, 0.1) is 22.8 Å². The molecule has 0 bridgehead atoms. The number of H-pyrrole nitrogens is 1. The van der Waals surface area contributed by atoms with Crippen LogP contribution in [0.1, 0.15) is 15.9 Å². The van der Waals surface area contributed by atoms with Crippen LogP contribution in [0.5, 0.6) is 5.75 Å². The van der Waals surface area contributed by atoms with Crippen LogP contribution in [0.4, 0.5) is 0 Å². The molecule has 0 aliphatic heterocycles. The largest absolute Gasteiger partial charge is 0.489 e. The third kappa shape index (κ3) is 3.09. The number of hydrogen-bond acceptors (Lipinski definition) is 5. The standard InChI is InChI=1S/C20H17N3O3/c1-13-10-14-12-22-23-19(14)16(11-13)20(24)26-9-8-25-18-6-7-21-17-5-3-2-4-15(17)18/h2-7,10-12H,8-9H2,1H3,(H,22,23). The number of aromatic nitrogens is 3. The number of para-hydroxylation sites is 1. The predicted octanol–water partition coefficient (Wildman–Crippen LogP) is 3.66. The number of hydrogen-bond donors (Lipinski definition) is 1. The van der Waals surface area contributed by atoms with Gasteiger partial charge in [0, 0.05) is 17.0 Å². The Morgan fingerprint density at radius 2 is 2.04 bits per heavy atom. The Morgan fingerprint density at radius 1 is 1.15 bits per heavy atom. The monoisotopic (exact) mass is 347 g/mol. The van der Waals surface area contributed by atoms with Crippen molar-refractivity contribution in [1.82, 2.24) is 15.2 Å². The predicted molar refractivity (Wildman–Crippen MR) is 98.4 cm³/mol. The number of carbonyl (C=O) groups excluding carboxylic acids is 1. The molecule has 130 valence electrons. The number of esters is 1. The maximum atomic E-state index is 12.4. The van der Waals surface area contributed by atoms with E-state index in [2.05, 4.69) is 15.2 Å². The average Bonchev–Trinajstić information content (AvgIpc) is 3.12. The van der Waals surface area contributed by atoms with Gasteiger partial charge in [-0.3, -0.25) is 10.1 Å². The van der Waals surface area contributed by atoms with Crippen LogP contribution in [0.15, 0.2) is 54.9 Å². The van der Waals surface area contributed by atoms with Crippen LogP contribution in [-0.4, -0.2) is 34.4 Å². The second-order valence-corrected chi connectivity index (χ2v) is 5.96. The zero-order valence-electron chi connectivity index (χ0n) is 14.2. The van der Waals surface area contributed by atoms with Gasteiger partial charge in [0.15, 0.2) is 0 Å². The van der Waals surface area contributed by atoms with Gasteiger partial charge in [-0.05, 0) is 42.8 Å². The summed E-state index contributed by atoms with van der Waals surface area (Å²) in [6.45, 7) is 2.34. The summed E-state index contributed by atoms with van der Waals surface area (Å²) in [5, 5.41) is 8.65. The van der Waals surface area contributed by atoms with Crippen molar-refractivity contribution in [3.63, 3.8) is 0 Å². The first-order valence-electron chi connectivity index (χ1n) is 8.30. The highest BCUT2D eigenvalue weighted by molar-refractivity contribution is 6.02. The normalized spacial score (nSPS) is 11.0. The van der Waals surface area contributed by atoms with Gasteiger partial charge in [-0.25, -0.2) is 4.79 Å². The number of carbonyl (C=O) groups is 1. The van der Waals surface area contributed by atoms with Crippen molar-refractivity contribution in [3.8, 4) is 5.75 Å². The van der Waals surface area contributed by atoms with E-state index in [4.69, 9.17) is 9.47 Å². The Balaban J connectivity index is 1.41. The first-order valence-corrected chi connectivity index (χ1v) is 8.30. The molecule has 0 radical (unpaired) electrons. The number of pyridine rings is 1. The minimum Gasteiger partial charge on any atom is -0.489 e. The Kier molecular flexibility index (Phi) is 4.23. The molecular formula is C20H17N3O3. The highest BCUT2D eigenvalue weighted by atomic mass is 16.6. The Hall–Kier alpha value is -3.41. The van der Waals surface area contributed by atoms with E-state index < -0.39 is 5.97 Å². The van der Waals surface area contributed by atoms with Crippen molar-refractivity contribution in [2.75, 3.05) is 13.2 Å². The van der Waals surface area contributed by atoms with E-state index in [-0.39, 0.29) is 13.2 Å². The van der Waals surface area contributed by atoms with Gasteiger partial charge in [0.2, 0.25) is 0 Å². The third-order valence-electron chi connectivity index (χ3n) is 4.10. The van der Waals surface area contributed by atoms with Crippen molar-refractivity contribution in [2.24, 2.45) is 0 Å². The van der Waals surface area contributed by atoms with Crippen LogP contribution >= 0.6 is 0 Å². The fourth-order valence-corrected chi connectivity index (χ4v) is 2.93. The molecule has 4 aromatic rings. The summed E-state index contributed by atoms with van der Waals surface area (Å²) in [7, 11) is 0. The molecule has 0 amide bonds. The maximum Gasteiger partial charge on any atom is 0.340 e. The SMILES string of the molecule is Cc1cc(C(=O)OCCOc2ccnc3ccccc23)c2[nH]ncc2c1. The number of nitrogens with one attached hydrogen (secondary N) is 1. The number of aromatic amines is 1. The average molecular weight is 347 g/mol. The van der Waals surface area contributed by atoms with Crippen LogP contribution in [0.25, 0.3) is 21.8 Å². The zero-order chi connectivity index (χ0) is 17.9. The van der Waals surface area contributed by atoms with E-state index in [1.165, 1.54) is 0 Å². The third-order valence-corrected chi connectivity index (χ3v) is 4.10. The quantitative estimate of drug-likeness (QED) is 0.440. The topological polar surface area (TPSA) is 77.1 Å². The molecule has 2 heterocycles. The van der Waals surface area contributed by atoms with Crippen molar-refractivity contribution >= 4 is 27.8 Å². The van der Waals surface area contributed by atoms with Crippen molar-refractivity contribution in [3.05, 3.63) is 66.0 Å². The second-order valence-electron chi connectivity index (χ2n) is 5.96. The summed E-state index contributed by atoms with van der Waals surface area (Å²) in [6.07, 6.45) is 3.39. The number of nitrogens with zero attached hydrogens (tertiary/aromatic N) is 2. The molecule has 1 N–H and O–H groups in total. The molecule has 6 heteroatoms. The summed E-state index contributed by atoms with van der Waals surface area (Å²) in [5.41, 5.74) is 3.00. The first-order chi connectivity index (χ1) is 12.7. The molecular weight excluding hydrogens is 330 g/mol. The molecule has 4 rings (SSSR count). The van der Waals surface area contributed by atoms with E-state index in [9.17, 15) is 4.79 Å². The van der Waals surface area contributed by atoms with Crippen LogP contribution < -0.4 is 4.74 Å². The Labute approximate surface area is 149 Å². The van der Waals surface area contributed by atoms with E-state index in [0.717, 1.165) is 27.6 Å². The highest BCUT2D eigenvalue weighted by Crippen LogP contribution is 2.23. The van der Waals surface area contributed by atoms with Crippen molar-refractivity contribution in [1.29, 1.82) is 0 Å². The molecule has 0 saturated heterocycles. The second kappa shape index (κ2) is 6.84. The number of aryl methyl sites for hydroxylation is 1. The molecule has 0 unspecified atom stereocenters. The first kappa shape index (κ1) is 16.1. The molecule has 2 aromatic carbocycles. The van der Waals surface area contributed by atoms with E-state index >= 15 is 0 Å². The van der Waals surface area contributed by atoms with E-state index in [0.29, 0.717) is 11.1 Å².